The highest BCUT2D eigenvalue weighted by molar-refractivity contribution is 5.69. The van der Waals surface area contributed by atoms with Gasteiger partial charge in [0.15, 0.2) is 0 Å². The Bertz CT molecular complexity index is 1050. The summed E-state index contributed by atoms with van der Waals surface area (Å²) in [5, 5.41) is 24.8. The standard InChI is InChI=1S/C38H67N3O12/c1-2-3-4-5-6-7-8-9-10-11-12-13-14-15-16-17-38(42)53-33-32-52-31-30-51-29-28-50-27-26-49-25-24-48-23-22-47-21-20-39-36-19-18-35(40(43)44)34-37(36)41(45)46/h18-19,34,39H,2-17,20-33H2,1H3. The zero-order valence-corrected chi connectivity index (χ0v) is 32.2. The molecule has 0 heterocycles. The van der Waals surface area contributed by atoms with Crippen molar-refractivity contribution in [1.82, 2.24) is 0 Å². The van der Waals surface area contributed by atoms with Gasteiger partial charge < -0.3 is 38.5 Å². The number of hydrogen-bond acceptors (Lipinski definition) is 13. The van der Waals surface area contributed by atoms with Gasteiger partial charge in [-0.1, -0.05) is 96.8 Å². The lowest BCUT2D eigenvalue weighted by atomic mass is 10.0. The molecule has 0 saturated carbocycles. The minimum Gasteiger partial charge on any atom is -0.463 e. The third kappa shape index (κ3) is 30.1. The number of nitro groups is 2. The van der Waals surface area contributed by atoms with Crippen molar-refractivity contribution in [3.8, 4) is 0 Å². The number of non-ortho nitro benzene ring substituents is 1. The second-order valence-corrected chi connectivity index (χ2v) is 12.7. The van der Waals surface area contributed by atoms with Crippen LogP contribution in [0.25, 0.3) is 0 Å². The normalized spacial score (nSPS) is 11.2. The highest BCUT2D eigenvalue weighted by atomic mass is 16.6. The molecule has 0 aliphatic heterocycles. The maximum Gasteiger partial charge on any atom is 0.305 e. The molecule has 1 aromatic carbocycles. The van der Waals surface area contributed by atoms with E-state index in [0.717, 1.165) is 18.9 Å². The Kier molecular flexibility index (Phi) is 32.7. The number of hydrogen-bond donors (Lipinski definition) is 1. The summed E-state index contributed by atoms with van der Waals surface area (Å²) >= 11 is 0. The monoisotopic (exact) mass is 757 g/mol. The first kappa shape index (κ1) is 48.1. The molecule has 1 rings (SSSR count). The second kappa shape index (κ2) is 36.0. The lowest BCUT2D eigenvalue weighted by molar-refractivity contribution is -0.393. The predicted molar refractivity (Wildman–Crippen MR) is 204 cm³/mol. The van der Waals surface area contributed by atoms with E-state index in [9.17, 15) is 25.0 Å². The number of anilines is 1. The van der Waals surface area contributed by atoms with Crippen molar-refractivity contribution >= 4 is 23.0 Å². The van der Waals surface area contributed by atoms with Gasteiger partial charge in [-0.3, -0.25) is 25.0 Å². The molecule has 53 heavy (non-hydrogen) atoms. The van der Waals surface area contributed by atoms with Gasteiger partial charge >= 0.3 is 5.97 Å². The molecule has 0 aliphatic carbocycles. The quantitative estimate of drug-likeness (QED) is 0.0297. The molecular formula is C38H67N3O12. The molecule has 0 atom stereocenters. The van der Waals surface area contributed by atoms with Crippen LogP contribution in [-0.2, 0) is 38.0 Å². The molecule has 15 nitrogen and oxygen atoms in total. The lowest BCUT2D eigenvalue weighted by Crippen LogP contribution is -2.16. The minimum absolute atomic E-state index is 0.151. The number of nitrogens with one attached hydrogen (secondary N) is 1. The van der Waals surface area contributed by atoms with Crippen molar-refractivity contribution in [3.05, 3.63) is 38.4 Å². The van der Waals surface area contributed by atoms with Gasteiger partial charge in [0.2, 0.25) is 0 Å². The molecule has 0 fully saturated rings. The Labute approximate surface area is 316 Å². The van der Waals surface area contributed by atoms with Crippen LogP contribution in [0.4, 0.5) is 17.1 Å². The SMILES string of the molecule is CCCCCCCCCCCCCCCCCC(=O)OCCOCCOCCOCCOCCOCCOCCNc1ccc([N+](=O)[O-])cc1[N+](=O)[O-]. The van der Waals surface area contributed by atoms with Crippen molar-refractivity contribution in [2.24, 2.45) is 0 Å². The van der Waals surface area contributed by atoms with E-state index in [1.54, 1.807) is 0 Å². The Morgan fingerprint density at radius 1 is 0.547 bits per heavy atom. The van der Waals surface area contributed by atoms with E-state index in [2.05, 4.69) is 12.2 Å². The fraction of sp³-hybridized carbons (Fsp3) is 0.816. The first-order valence-electron chi connectivity index (χ1n) is 19.7. The summed E-state index contributed by atoms with van der Waals surface area (Å²) < 4.78 is 38.0. The lowest BCUT2D eigenvalue weighted by Gasteiger charge is -2.09. The van der Waals surface area contributed by atoms with Crippen LogP contribution >= 0.6 is 0 Å². The Hall–Kier alpha value is -2.95. The van der Waals surface area contributed by atoms with Crippen LogP contribution in [0.3, 0.4) is 0 Å². The van der Waals surface area contributed by atoms with Crippen LogP contribution in [0.1, 0.15) is 110 Å². The van der Waals surface area contributed by atoms with Gasteiger partial charge in [0.05, 0.1) is 95.2 Å². The van der Waals surface area contributed by atoms with E-state index < -0.39 is 9.85 Å². The van der Waals surface area contributed by atoms with Gasteiger partial charge in [-0.05, 0) is 12.5 Å². The zero-order valence-electron chi connectivity index (χ0n) is 32.2. The van der Waals surface area contributed by atoms with E-state index in [1.807, 2.05) is 0 Å². The van der Waals surface area contributed by atoms with Crippen molar-refractivity contribution in [2.45, 2.75) is 110 Å². The zero-order chi connectivity index (χ0) is 38.5. The smallest absolute Gasteiger partial charge is 0.305 e. The first-order valence-corrected chi connectivity index (χ1v) is 19.7. The van der Waals surface area contributed by atoms with E-state index in [-0.39, 0.29) is 36.2 Å². The summed E-state index contributed by atoms with van der Waals surface area (Å²) in [6, 6.07) is 3.43. The molecule has 0 saturated heterocycles. The van der Waals surface area contributed by atoms with E-state index in [1.165, 1.54) is 95.6 Å². The Morgan fingerprint density at radius 2 is 0.943 bits per heavy atom. The van der Waals surface area contributed by atoms with Crippen molar-refractivity contribution in [1.29, 1.82) is 0 Å². The number of esters is 1. The fourth-order valence-electron chi connectivity index (χ4n) is 5.32. The molecule has 0 unspecified atom stereocenters. The molecule has 0 spiro atoms. The minimum atomic E-state index is -0.679. The number of rotatable bonds is 40. The average molecular weight is 758 g/mol. The third-order valence-electron chi connectivity index (χ3n) is 8.29. The molecule has 1 N–H and O–H groups in total. The summed E-state index contributed by atoms with van der Waals surface area (Å²) in [6.45, 7) is 7.60. The topological polar surface area (TPSA) is 180 Å². The molecule has 15 heteroatoms. The molecular weight excluding hydrogens is 690 g/mol. The number of carbonyl (C=O) groups excluding carboxylic acids is 1. The number of nitro benzene ring substituents is 2. The fourth-order valence-corrected chi connectivity index (χ4v) is 5.32. The highest BCUT2D eigenvalue weighted by Crippen LogP contribution is 2.28. The predicted octanol–water partition coefficient (Wildman–Crippen LogP) is 7.82. The maximum atomic E-state index is 11.9. The second-order valence-electron chi connectivity index (χ2n) is 12.7. The van der Waals surface area contributed by atoms with Crippen LogP contribution in [0, 0.1) is 20.2 Å². The summed E-state index contributed by atoms with van der Waals surface area (Å²) in [7, 11) is 0. The van der Waals surface area contributed by atoms with Gasteiger partial charge in [-0.15, -0.1) is 0 Å². The maximum absolute atomic E-state index is 11.9. The number of carbonyl (C=O) groups is 1. The molecule has 0 radical (unpaired) electrons. The number of unbranched alkanes of at least 4 members (excludes halogenated alkanes) is 14. The van der Waals surface area contributed by atoms with Crippen LogP contribution in [0.15, 0.2) is 18.2 Å². The van der Waals surface area contributed by atoms with Gasteiger partial charge in [0.1, 0.15) is 12.3 Å². The van der Waals surface area contributed by atoms with Crippen LogP contribution < -0.4 is 5.32 Å². The molecule has 0 aliphatic rings. The van der Waals surface area contributed by atoms with Crippen LogP contribution in [0.2, 0.25) is 0 Å². The van der Waals surface area contributed by atoms with Crippen molar-refractivity contribution in [2.75, 3.05) is 97.8 Å². The van der Waals surface area contributed by atoms with Gasteiger partial charge in [0.25, 0.3) is 11.4 Å². The summed E-state index contributed by atoms with van der Waals surface area (Å²) in [6.07, 6.45) is 20.0. The van der Waals surface area contributed by atoms with Crippen LogP contribution in [-0.4, -0.2) is 108 Å². The third-order valence-corrected chi connectivity index (χ3v) is 8.29. The average Bonchev–Trinajstić information content (AvgIpc) is 3.15. The van der Waals surface area contributed by atoms with Crippen molar-refractivity contribution in [3.63, 3.8) is 0 Å². The Balaban J connectivity index is 1.74. The summed E-state index contributed by atoms with van der Waals surface area (Å²) in [5.41, 5.74) is -0.523. The first-order chi connectivity index (χ1) is 26.0. The number of nitrogens with zero attached hydrogens (tertiary/aromatic N) is 2. The van der Waals surface area contributed by atoms with Gasteiger partial charge in [-0.25, -0.2) is 0 Å². The molecule has 0 aromatic heterocycles. The molecule has 1 aromatic rings. The summed E-state index contributed by atoms with van der Waals surface area (Å²) in [5.74, 6) is -0.151. The van der Waals surface area contributed by atoms with Gasteiger partial charge in [0, 0.05) is 19.0 Å². The van der Waals surface area contributed by atoms with E-state index in [0.29, 0.717) is 85.6 Å². The molecule has 0 bridgehead atoms. The highest BCUT2D eigenvalue weighted by Gasteiger charge is 2.19. The summed E-state index contributed by atoms with van der Waals surface area (Å²) in [4.78, 5) is 32.5. The largest absolute Gasteiger partial charge is 0.463 e. The molecule has 306 valence electrons. The van der Waals surface area contributed by atoms with Gasteiger partial charge in [-0.2, -0.15) is 0 Å². The molecule has 0 amide bonds. The van der Waals surface area contributed by atoms with Crippen LogP contribution in [0.5, 0.6) is 0 Å². The number of ether oxygens (including phenoxy) is 7. The Morgan fingerprint density at radius 3 is 1.36 bits per heavy atom. The van der Waals surface area contributed by atoms with E-state index >= 15 is 0 Å². The van der Waals surface area contributed by atoms with E-state index in [4.69, 9.17) is 33.2 Å². The number of benzene rings is 1. The van der Waals surface area contributed by atoms with Crippen molar-refractivity contribution < 1.29 is 47.8 Å².